The molecule has 1 saturated heterocycles. The standard InChI is InChI=1S/C22H27F3N6O/c1-21(2,3)17-10-19-28-16(9-18(22(23,24)25)31(19)29-17)15-5-7-30(8-6-15)13-14-11-26-20(32-4)27-12-14/h9-12,15H,5-8,13H2,1-4H3. The van der Waals surface area contributed by atoms with E-state index in [2.05, 4.69) is 25.0 Å². The lowest BCUT2D eigenvalue weighted by atomic mass is 9.92. The Morgan fingerprint density at radius 1 is 1.06 bits per heavy atom. The summed E-state index contributed by atoms with van der Waals surface area (Å²) in [7, 11) is 1.52. The zero-order valence-corrected chi connectivity index (χ0v) is 18.6. The van der Waals surface area contributed by atoms with Gasteiger partial charge in [0.1, 0.15) is 5.69 Å². The summed E-state index contributed by atoms with van der Waals surface area (Å²) >= 11 is 0. The van der Waals surface area contributed by atoms with Crippen LogP contribution in [0.15, 0.2) is 24.5 Å². The van der Waals surface area contributed by atoms with Gasteiger partial charge in [0.2, 0.25) is 0 Å². The fourth-order valence-electron chi connectivity index (χ4n) is 3.95. The van der Waals surface area contributed by atoms with E-state index < -0.39 is 11.9 Å². The van der Waals surface area contributed by atoms with Gasteiger partial charge in [-0.15, -0.1) is 0 Å². The lowest BCUT2D eigenvalue weighted by Gasteiger charge is -2.31. The van der Waals surface area contributed by atoms with Crippen molar-refractivity contribution in [2.75, 3.05) is 20.2 Å². The van der Waals surface area contributed by atoms with E-state index in [4.69, 9.17) is 4.74 Å². The summed E-state index contributed by atoms with van der Waals surface area (Å²) in [6, 6.07) is 3.16. The first-order chi connectivity index (χ1) is 15.0. The second-order valence-corrected chi connectivity index (χ2v) is 9.24. The van der Waals surface area contributed by atoms with Crippen LogP contribution < -0.4 is 4.74 Å². The van der Waals surface area contributed by atoms with Crippen molar-refractivity contribution in [2.45, 2.75) is 57.7 Å². The van der Waals surface area contributed by atoms with Crippen LogP contribution >= 0.6 is 0 Å². The number of likely N-dealkylation sites (tertiary alicyclic amines) is 1. The van der Waals surface area contributed by atoms with Gasteiger partial charge in [0.25, 0.3) is 0 Å². The van der Waals surface area contributed by atoms with Crippen molar-refractivity contribution in [3.05, 3.63) is 47.2 Å². The minimum absolute atomic E-state index is 0.0301. The zero-order valence-electron chi connectivity index (χ0n) is 18.6. The minimum atomic E-state index is -4.51. The van der Waals surface area contributed by atoms with E-state index in [9.17, 15) is 13.2 Å². The third-order valence-corrected chi connectivity index (χ3v) is 5.78. The number of hydrogen-bond acceptors (Lipinski definition) is 6. The molecule has 3 aromatic rings. The second-order valence-electron chi connectivity index (χ2n) is 9.24. The Morgan fingerprint density at radius 2 is 1.72 bits per heavy atom. The Bertz CT molecular complexity index is 1080. The molecular weight excluding hydrogens is 421 g/mol. The highest BCUT2D eigenvalue weighted by atomic mass is 19.4. The molecular formula is C22H27F3N6O. The quantitative estimate of drug-likeness (QED) is 0.595. The van der Waals surface area contributed by atoms with Crippen LogP contribution in [0.5, 0.6) is 6.01 Å². The van der Waals surface area contributed by atoms with Crippen molar-refractivity contribution >= 4 is 5.65 Å². The van der Waals surface area contributed by atoms with Gasteiger partial charge in [-0.2, -0.15) is 18.3 Å². The van der Waals surface area contributed by atoms with Crippen molar-refractivity contribution in [3.8, 4) is 6.01 Å². The number of ether oxygens (including phenoxy) is 1. The van der Waals surface area contributed by atoms with Crippen molar-refractivity contribution < 1.29 is 17.9 Å². The fraction of sp³-hybridized carbons (Fsp3) is 0.545. The molecule has 0 spiro atoms. The molecule has 7 nitrogen and oxygen atoms in total. The lowest BCUT2D eigenvalue weighted by molar-refractivity contribution is -0.142. The number of piperidine rings is 1. The fourth-order valence-corrected chi connectivity index (χ4v) is 3.95. The van der Waals surface area contributed by atoms with Crippen molar-refractivity contribution in [2.24, 2.45) is 0 Å². The first-order valence-electron chi connectivity index (χ1n) is 10.6. The van der Waals surface area contributed by atoms with Crippen LogP contribution in [-0.4, -0.2) is 49.7 Å². The van der Waals surface area contributed by atoms with Gasteiger partial charge in [-0.25, -0.2) is 19.5 Å². The van der Waals surface area contributed by atoms with Gasteiger partial charge in [0.15, 0.2) is 5.65 Å². The molecule has 172 valence electrons. The van der Waals surface area contributed by atoms with Gasteiger partial charge in [0.05, 0.1) is 12.8 Å². The summed E-state index contributed by atoms with van der Waals surface area (Å²) in [6.45, 7) is 7.98. The third-order valence-electron chi connectivity index (χ3n) is 5.78. The smallest absolute Gasteiger partial charge is 0.433 e. The molecule has 0 bridgehead atoms. The van der Waals surface area contributed by atoms with Crippen LogP contribution in [0.3, 0.4) is 0 Å². The molecule has 32 heavy (non-hydrogen) atoms. The lowest BCUT2D eigenvalue weighted by Crippen LogP contribution is -2.33. The largest absolute Gasteiger partial charge is 0.467 e. The zero-order chi connectivity index (χ0) is 23.1. The molecule has 0 amide bonds. The Kier molecular flexibility index (Phi) is 5.83. The third kappa shape index (κ3) is 4.69. The van der Waals surface area contributed by atoms with Crippen LogP contribution in [-0.2, 0) is 18.1 Å². The van der Waals surface area contributed by atoms with E-state index >= 15 is 0 Å². The topological polar surface area (TPSA) is 68.4 Å². The van der Waals surface area contributed by atoms with Gasteiger partial charge in [-0.05, 0) is 32.0 Å². The summed E-state index contributed by atoms with van der Waals surface area (Å²) in [6.07, 6.45) is 0.423. The summed E-state index contributed by atoms with van der Waals surface area (Å²) in [4.78, 5) is 15.1. The van der Waals surface area contributed by atoms with Crippen LogP contribution in [0.1, 0.15) is 62.2 Å². The van der Waals surface area contributed by atoms with E-state index in [0.29, 0.717) is 23.9 Å². The molecule has 1 aliphatic rings. The molecule has 0 atom stereocenters. The Labute approximate surface area is 184 Å². The number of halogens is 3. The first kappa shape index (κ1) is 22.4. The number of alkyl halides is 3. The molecule has 10 heteroatoms. The van der Waals surface area contributed by atoms with Gasteiger partial charge in [-0.3, -0.25) is 4.90 Å². The molecule has 0 aromatic carbocycles. The summed E-state index contributed by atoms with van der Waals surface area (Å²) in [5, 5.41) is 4.21. The SMILES string of the molecule is COc1ncc(CN2CCC(c3cc(C(F)(F)F)n4nc(C(C)(C)C)cc4n3)CC2)cn1. The highest BCUT2D eigenvalue weighted by Gasteiger charge is 2.37. The summed E-state index contributed by atoms with van der Waals surface area (Å²) in [5.41, 5.74) is 1.15. The molecule has 0 N–H and O–H groups in total. The van der Waals surface area contributed by atoms with Crippen LogP contribution in [0.2, 0.25) is 0 Å². The minimum Gasteiger partial charge on any atom is -0.467 e. The molecule has 3 aromatic heterocycles. The predicted molar refractivity (Wildman–Crippen MR) is 113 cm³/mol. The van der Waals surface area contributed by atoms with Crippen molar-refractivity contribution in [3.63, 3.8) is 0 Å². The number of aromatic nitrogens is 5. The second kappa shape index (κ2) is 8.31. The van der Waals surface area contributed by atoms with Crippen LogP contribution in [0.25, 0.3) is 5.65 Å². The molecule has 0 aliphatic carbocycles. The Morgan fingerprint density at radius 3 is 2.28 bits per heavy atom. The average Bonchev–Trinajstić information content (AvgIpc) is 3.18. The molecule has 1 fully saturated rings. The molecule has 1 aliphatic heterocycles. The van der Waals surface area contributed by atoms with E-state index in [1.807, 2.05) is 20.8 Å². The number of fused-ring (bicyclic) bond motifs is 1. The number of hydrogen-bond donors (Lipinski definition) is 0. The monoisotopic (exact) mass is 448 g/mol. The first-order valence-corrected chi connectivity index (χ1v) is 10.6. The number of rotatable bonds is 4. The maximum absolute atomic E-state index is 13.8. The van der Waals surface area contributed by atoms with Gasteiger partial charge in [0, 0.05) is 47.6 Å². The van der Waals surface area contributed by atoms with Crippen molar-refractivity contribution in [1.29, 1.82) is 0 Å². The van der Waals surface area contributed by atoms with Gasteiger partial charge in [-0.1, -0.05) is 20.8 Å². The van der Waals surface area contributed by atoms with Crippen LogP contribution in [0.4, 0.5) is 13.2 Å². The molecule has 0 unspecified atom stereocenters. The Balaban J connectivity index is 1.53. The molecule has 4 heterocycles. The van der Waals surface area contributed by atoms with E-state index in [-0.39, 0.29) is 17.0 Å². The number of nitrogens with zero attached hydrogens (tertiary/aromatic N) is 6. The maximum Gasteiger partial charge on any atom is 0.433 e. The highest BCUT2D eigenvalue weighted by Crippen LogP contribution is 2.35. The van der Waals surface area contributed by atoms with Crippen molar-refractivity contribution in [1.82, 2.24) is 29.5 Å². The van der Waals surface area contributed by atoms with Gasteiger partial charge >= 0.3 is 12.2 Å². The highest BCUT2D eigenvalue weighted by molar-refractivity contribution is 5.44. The van der Waals surface area contributed by atoms with E-state index in [0.717, 1.165) is 36.0 Å². The summed E-state index contributed by atoms with van der Waals surface area (Å²) in [5.74, 6) is -0.0301. The van der Waals surface area contributed by atoms with Gasteiger partial charge < -0.3 is 4.74 Å². The van der Waals surface area contributed by atoms with E-state index in [1.54, 1.807) is 18.5 Å². The molecule has 0 saturated carbocycles. The molecule has 0 radical (unpaired) electrons. The van der Waals surface area contributed by atoms with E-state index in [1.165, 1.54) is 13.2 Å². The van der Waals surface area contributed by atoms with Crippen LogP contribution in [0, 0.1) is 0 Å². The average molecular weight is 448 g/mol. The summed E-state index contributed by atoms with van der Waals surface area (Å²) < 4.78 is 47.3. The number of methoxy groups -OCH3 is 1. The predicted octanol–water partition coefficient (Wildman–Crippen LogP) is 4.22. The normalized spacial score (nSPS) is 16.6. The Hall–Kier alpha value is -2.75. The molecule has 4 rings (SSSR count). The maximum atomic E-state index is 13.8.